The molecule has 1 heterocycles. The molecule has 0 aliphatic heterocycles. The monoisotopic (exact) mass is 917 g/mol. The van der Waals surface area contributed by atoms with E-state index >= 15 is 0 Å². The van der Waals surface area contributed by atoms with E-state index in [4.69, 9.17) is 4.42 Å². The number of furan rings is 1. The zero-order valence-electron chi connectivity index (χ0n) is 40.0. The molecule has 2 nitrogen and oxygen atoms in total. The number of anilines is 3. The normalized spacial score (nSPS) is 13.9. The highest BCUT2D eigenvalue weighted by molar-refractivity contribution is 6.10. The highest BCUT2D eigenvalue weighted by Gasteiger charge is 2.52. The van der Waals surface area contributed by atoms with E-state index in [0.29, 0.717) is 0 Å². The van der Waals surface area contributed by atoms with Crippen molar-refractivity contribution in [2.75, 3.05) is 4.90 Å². The first-order chi connectivity index (χ1) is 35.4. The molecule has 0 unspecified atom stereocenters. The number of hydrogen-bond acceptors (Lipinski definition) is 2. The fourth-order valence-electron chi connectivity index (χ4n) is 13.0. The zero-order chi connectivity index (χ0) is 47.7. The Morgan fingerprint density at radius 2 is 0.722 bits per heavy atom. The maximum atomic E-state index is 6.68. The van der Waals surface area contributed by atoms with Crippen molar-refractivity contribution in [3.63, 3.8) is 0 Å². The van der Waals surface area contributed by atoms with Gasteiger partial charge < -0.3 is 9.32 Å². The maximum absolute atomic E-state index is 6.68. The maximum Gasteiger partial charge on any atom is 0.143 e. The third-order valence-electron chi connectivity index (χ3n) is 16.3. The molecule has 2 heteroatoms. The lowest BCUT2D eigenvalue weighted by molar-refractivity contribution is 0.660. The Morgan fingerprint density at radius 1 is 0.292 bits per heavy atom. The molecule has 72 heavy (non-hydrogen) atoms. The second-order valence-corrected chi connectivity index (χ2v) is 20.3. The van der Waals surface area contributed by atoms with Gasteiger partial charge in [-0.05, 0) is 143 Å². The summed E-state index contributed by atoms with van der Waals surface area (Å²) in [5.74, 6) is 0. The summed E-state index contributed by atoms with van der Waals surface area (Å²) in [5, 5.41) is 2.27. The van der Waals surface area contributed by atoms with Crippen molar-refractivity contribution in [3.8, 4) is 66.8 Å². The fraction of sp³-hybridized carbons (Fsp3) is 0.0571. The predicted molar refractivity (Wildman–Crippen MR) is 299 cm³/mol. The Hall–Kier alpha value is -8.98. The molecule has 0 saturated heterocycles. The van der Waals surface area contributed by atoms with Crippen molar-refractivity contribution in [1.29, 1.82) is 0 Å². The Kier molecular flexibility index (Phi) is 8.66. The van der Waals surface area contributed by atoms with Gasteiger partial charge in [0.25, 0.3) is 0 Å². The van der Waals surface area contributed by atoms with E-state index in [2.05, 4.69) is 267 Å². The Morgan fingerprint density at radius 3 is 1.39 bits per heavy atom. The smallest absolute Gasteiger partial charge is 0.143 e. The Bertz CT molecular complexity index is 4130. The summed E-state index contributed by atoms with van der Waals surface area (Å²) in [5.41, 5.74) is 27.1. The molecule has 3 aliphatic carbocycles. The summed E-state index contributed by atoms with van der Waals surface area (Å²) in [7, 11) is 0. The van der Waals surface area contributed by atoms with E-state index in [1.807, 2.05) is 0 Å². The van der Waals surface area contributed by atoms with Crippen molar-refractivity contribution >= 4 is 39.0 Å². The van der Waals surface area contributed by atoms with Gasteiger partial charge in [-0.15, -0.1) is 0 Å². The quantitative estimate of drug-likeness (QED) is 0.165. The van der Waals surface area contributed by atoms with Crippen molar-refractivity contribution < 1.29 is 4.42 Å². The number of fused-ring (bicyclic) bond motifs is 16. The summed E-state index contributed by atoms with van der Waals surface area (Å²) in [6.07, 6.45) is 0. The van der Waals surface area contributed by atoms with Crippen LogP contribution >= 0.6 is 0 Å². The van der Waals surface area contributed by atoms with Gasteiger partial charge in [-0.1, -0.05) is 214 Å². The van der Waals surface area contributed by atoms with Gasteiger partial charge in [-0.25, -0.2) is 0 Å². The largest absolute Gasteiger partial charge is 0.455 e. The van der Waals surface area contributed by atoms with Gasteiger partial charge in [-0.3, -0.25) is 0 Å². The Labute approximate surface area is 419 Å². The average Bonchev–Trinajstić information content (AvgIpc) is 4.13. The van der Waals surface area contributed by atoms with E-state index in [1.54, 1.807) is 0 Å². The van der Waals surface area contributed by atoms with Gasteiger partial charge in [0.15, 0.2) is 0 Å². The molecule has 338 valence electrons. The molecule has 0 amide bonds. The minimum atomic E-state index is -0.575. The zero-order valence-corrected chi connectivity index (χ0v) is 40.0. The van der Waals surface area contributed by atoms with Crippen molar-refractivity contribution in [1.82, 2.24) is 0 Å². The lowest BCUT2D eigenvalue weighted by Crippen LogP contribution is -2.26. The molecule has 15 rings (SSSR count). The van der Waals surface area contributed by atoms with E-state index in [0.717, 1.165) is 50.1 Å². The van der Waals surface area contributed by atoms with Crippen molar-refractivity contribution in [2.45, 2.75) is 24.7 Å². The SMILES string of the molecule is CC1(C)c2ccccc2-c2ccc(N(c3ccc(-c4ccc(-c5ccccc5)cc4)cc3)c3ccc4c(c3)C3(c5ccccc5-c5ccccc53)c3cc(-c5cccc6c5oc5ccccc56)ccc3-4)cc21. The van der Waals surface area contributed by atoms with Crippen LogP contribution in [0.25, 0.3) is 88.7 Å². The molecule has 0 fully saturated rings. The van der Waals surface area contributed by atoms with Gasteiger partial charge in [-0.2, -0.15) is 0 Å². The number of nitrogens with zero attached hydrogens (tertiary/aromatic N) is 1. The highest BCUT2D eigenvalue weighted by atomic mass is 16.3. The predicted octanol–water partition coefficient (Wildman–Crippen LogP) is 18.7. The van der Waals surface area contributed by atoms with Crippen LogP contribution in [0.15, 0.2) is 253 Å². The number of para-hydroxylation sites is 2. The van der Waals surface area contributed by atoms with Crippen LogP contribution in [0, 0.1) is 0 Å². The molecule has 1 aromatic heterocycles. The van der Waals surface area contributed by atoms with Gasteiger partial charge in [0.05, 0.1) is 5.41 Å². The fourth-order valence-corrected chi connectivity index (χ4v) is 13.0. The van der Waals surface area contributed by atoms with Crippen LogP contribution in [0.3, 0.4) is 0 Å². The van der Waals surface area contributed by atoms with Crippen LogP contribution in [0.5, 0.6) is 0 Å². The molecule has 0 atom stereocenters. The number of rotatable bonds is 6. The molecule has 0 bridgehead atoms. The molecule has 1 spiro atoms. The minimum Gasteiger partial charge on any atom is -0.455 e. The van der Waals surface area contributed by atoms with Crippen molar-refractivity contribution in [2.24, 2.45) is 0 Å². The van der Waals surface area contributed by atoms with Crippen LogP contribution in [-0.2, 0) is 10.8 Å². The summed E-state index contributed by atoms with van der Waals surface area (Å²) in [6, 6.07) is 92.3. The van der Waals surface area contributed by atoms with Gasteiger partial charge in [0.1, 0.15) is 11.2 Å². The second kappa shape index (κ2) is 15.3. The Balaban J connectivity index is 0.929. The van der Waals surface area contributed by atoms with Gasteiger partial charge in [0, 0.05) is 38.8 Å². The van der Waals surface area contributed by atoms with E-state index in [9.17, 15) is 0 Å². The van der Waals surface area contributed by atoms with Crippen LogP contribution in [-0.4, -0.2) is 0 Å². The standard InChI is InChI=1S/C70H47NO/c1-69(2)61-23-10-6-17-53(61)56-39-36-50(42-64(56)69)71(49-34-31-47(32-35-49)46-29-27-45(28-30-46)44-15-4-3-5-16-44)51-37-40-58-57-38-33-48(52-21-14-22-60-59-20-9-13-26-67(59)72-68(52)60)41-65(57)70(66(58)43-51)62-24-11-7-18-54(62)55-19-8-12-25-63(55)70/h3-43H,1-2H3. The second-order valence-electron chi connectivity index (χ2n) is 20.3. The summed E-state index contributed by atoms with van der Waals surface area (Å²) in [6.45, 7) is 4.75. The summed E-state index contributed by atoms with van der Waals surface area (Å²) in [4.78, 5) is 2.49. The molecule has 12 aromatic rings. The number of hydrogen-bond donors (Lipinski definition) is 0. The molecule has 0 radical (unpaired) electrons. The van der Waals surface area contributed by atoms with Gasteiger partial charge in [0.2, 0.25) is 0 Å². The first kappa shape index (κ1) is 40.9. The van der Waals surface area contributed by atoms with Crippen LogP contribution in [0.4, 0.5) is 17.1 Å². The first-order valence-corrected chi connectivity index (χ1v) is 25.2. The van der Waals surface area contributed by atoms with Crippen molar-refractivity contribution in [3.05, 3.63) is 282 Å². The molecular formula is C70H47NO. The molecule has 0 N–H and O–H groups in total. The third-order valence-corrected chi connectivity index (χ3v) is 16.3. The van der Waals surface area contributed by atoms with E-state index in [-0.39, 0.29) is 5.41 Å². The van der Waals surface area contributed by atoms with Crippen LogP contribution < -0.4 is 4.90 Å². The number of benzene rings is 11. The van der Waals surface area contributed by atoms with Gasteiger partial charge >= 0.3 is 0 Å². The minimum absolute atomic E-state index is 0.158. The summed E-state index contributed by atoms with van der Waals surface area (Å²) >= 11 is 0. The first-order valence-electron chi connectivity index (χ1n) is 25.2. The molecular weight excluding hydrogens is 871 g/mol. The lowest BCUT2D eigenvalue weighted by Gasteiger charge is -2.33. The third kappa shape index (κ3) is 5.72. The average molecular weight is 918 g/mol. The van der Waals surface area contributed by atoms with Crippen LogP contribution in [0.2, 0.25) is 0 Å². The topological polar surface area (TPSA) is 16.4 Å². The molecule has 3 aliphatic rings. The van der Waals surface area contributed by atoms with E-state index in [1.165, 1.54) is 89.0 Å². The lowest BCUT2D eigenvalue weighted by atomic mass is 9.70. The highest BCUT2D eigenvalue weighted by Crippen LogP contribution is 2.64. The van der Waals surface area contributed by atoms with Crippen LogP contribution in [0.1, 0.15) is 47.2 Å². The summed E-state index contributed by atoms with van der Waals surface area (Å²) < 4.78 is 6.68. The molecule has 0 saturated carbocycles. The van der Waals surface area contributed by atoms with E-state index < -0.39 is 5.41 Å². The molecule has 11 aromatic carbocycles.